The molecule has 0 fully saturated rings. The molecule has 0 aliphatic rings. The standard InChI is InChI=1S/C9H7F4NO2.ClH/c10-6-2-1-5(7(15)4-14)3-8(6)16-9(11,12)13;/h1-3H,4,14H2;1H. The third-order valence-electron chi connectivity index (χ3n) is 1.66. The molecule has 0 spiro atoms. The van der Waals surface area contributed by atoms with E-state index in [0.717, 1.165) is 6.07 Å². The van der Waals surface area contributed by atoms with Gasteiger partial charge in [0, 0.05) is 5.56 Å². The van der Waals surface area contributed by atoms with E-state index in [1.54, 1.807) is 0 Å². The second kappa shape index (κ2) is 5.83. The number of ether oxygens (including phenoxy) is 1. The first-order valence-electron chi connectivity index (χ1n) is 4.12. The molecule has 0 unspecified atom stereocenters. The van der Waals surface area contributed by atoms with Gasteiger partial charge < -0.3 is 10.5 Å². The Balaban J connectivity index is 0.00000256. The molecule has 0 saturated heterocycles. The van der Waals surface area contributed by atoms with E-state index in [4.69, 9.17) is 5.73 Å². The van der Waals surface area contributed by atoms with Crippen LogP contribution in [0.5, 0.6) is 5.75 Å². The number of ketones is 1. The van der Waals surface area contributed by atoms with Crippen LogP contribution in [0.15, 0.2) is 18.2 Å². The molecular formula is C9H8ClF4NO2. The highest BCUT2D eigenvalue weighted by Crippen LogP contribution is 2.26. The molecule has 2 N–H and O–H groups in total. The van der Waals surface area contributed by atoms with E-state index in [1.165, 1.54) is 0 Å². The molecule has 96 valence electrons. The minimum Gasteiger partial charge on any atom is -0.403 e. The minimum absolute atomic E-state index is 0. The SMILES string of the molecule is Cl.NCC(=O)c1ccc(F)c(OC(F)(F)F)c1. The zero-order chi connectivity index (χ0) is 12.3. The van der Waals surface area contributed by atoms with Crippen molar-refractivity contribution in [1.29, 1.82) is 0 Å². The zero-order valence-electron chi connectivity index (χ0n) is 8.25. The predicted molar refractivity (Wildman–Crippen MR) is 53.7 cm³/mol. The Morgan fingerprint density at radius 2 is 1.94 bits per heavy atom. The first-order chi connectivity index (χ1) is 7.33. The van der Waals surface area contributed by atoms with Crippen LogP contribution in [0.4, 0.5) is 17.6 Å². The van der Waals surface area contributed by atoms with Crippen molar-refractivity contribution in [3.63, 3.8) is 0 Å². The van der Waals surface area contributed by atoms with Gasteiger partial charge in [0.2, 0.25) is 0 Å². The first-order valence-corrected chi connectivity index (χ1v) is 4.12. The second-order valence-corrected chi connectivity index (χ2v) is 2.82. The van der Waals surface area contributed by atoms with E-state index >= 15 is 0 Å². The van der Waals surface area contributed by atoms with Crippen LogP contribution in [-0.2, 0) is 0 Å². The van der Waals surface area contributed by atoms with E-state index in [1.807, 2.05) is 0 Å². The van der Waals surface area contributed by atoms with E-state index in [9.17, 15) is 22.4 Å². The molecular weight excluding hydrogens is 266 g/mol. The normalized spacial score (nSPS) is 10.6. The molecule has 3 nitrogen and oxygen atoms in total. The number of carbonyl (C=O) groups excluding carboxylic acids is 1. The Hall–Kier alpha value is -1.34. The van der Waals surface area contributed by atoms with E-state index < -0.39 is 23.7 Å². The van der Waals surface area contributed by atoms with Gasteiger partial charge in [0.1, 0.15) is 0 Å². The van der Waals surface area contributed by atoms with Crippen molar-refractivity contribution in [3.05, 3.63) is 29.6 Å². The van der Waals surface area contributed by atoms with Crippen LogP contribution in [0.25, 0.3) is 0 Å². The monoisotopic (exact) mass is 273 g/mol. The molecule has 1 rings (SSSR count). The van der Waals surface area contributed by atoms with Gasteiger partial charge in [-0.15, -0.1) is 25.6 Å². The van der Waals surface area contributed by atoms with Gasteiger partial charge in [0.15, 0.2) is 17.3 Å². The van der Waals surface area contributed by atoms with Crippen LogP contribution >= 0.6 is 12.4 Å². The number of Topliss-reactive ketones (excluding diaryl/α,β-unsaturated/α-hetero) is 1. The summed E-state index contributed by atoms with van der Waals surface area (Å²) in [6.45, 7) is -0.378. The molecule has 0 aromatic heterocycles. The summed E-state index contributed by atoms with van der Waals surface area (Å²) in [6.07, 6.45) is -5.01. The lowest BCUT2D eigenvalue weighted by atomic mass is 10.1. The lowest BCUT2D eigenvalue weighted by molar-refractivity contribution is -0.275. The van der Waals surface area contributed by atoms with Gasteiger partial charge in [0.05, 0.1) is 6.54 Å². The van der Waals surface area contributed by atoms with Crippen LogP contribution in [0.3, 0.4) is 0 Å². The number of benzene rings is 1. The third-order valence-corrected chi connectivity index (χ3v) is 1.66. The fraction of sp³-hybridized carbons (Fsp3) is 0.222. The maximum absolute atomic E-state index is 12.9. The molecule has 8 heteroatoms. The van der Waals surface area contributed by atoms with Crippen molar-refractivity contribution in [1.82, 2.24) is 0 Å². The lowest BCUT2D eigenvalue weighted by Gasteiger charge is -2.10. The van der Waals surface area contributed by atoms with Gasteiger partial charge in [-0.1, -0.05) is 0 Å². The number of carbonyl (C=O) groups is 1. The Morgan fingerprint density at radius 1 is 1.35 bits per heavy atom. The van der Waals surface area contributed by atoms with Gasteiger partial charge in [-0.05, 0) is 18.2 Å². The second-order valence-electron chi connectivity index (χ2n) is 2.82. The summed E-state index contributed by atoms with van der Waals surface area (Å²) < 4.78 is 51.8. The molecule has 0 radical (unpaired) electrons. The number of alkyl halides is 3. The largest absolute Gasteiger partial charge is 0.573 e. The molecule has 1 aromatic carbocycles. The number of hydrogen-bond acceptors (Lipinski definition) is 3. The van der Waals surface area contributed by atoms with Crippen LogP contribution in [0.1, 0.15) is 10.4 Å². The first kappa shape index (κ1) is 15.7. The Morgan fingerprint density at radius 3 is 2.41 bits per heavy atom. The third kappa shape index (κ3) is 4.58. The van der Waals surface area contributed by atoms with Crippen molar-refractivity contribution in [2.24, 2.45) is 5.73 Å². The van der Waals surface area contributed by atoms with Crippen LogP contribution < -0.4 is 10.5 Å². The quantitative estimate of drug-likeness (QED) is 0.679. The molecule has 0 atom stereocenters. The highest BCUT2D eigenvalue weighted by atomic mass is 35.5. The average molecular weight is 274 g/mol. The summed E-state index contributed by atoms with van der Waals surface area (Å²) in [7, 11) is 0. The van der Waals surface area contributed by atoms with Crippen molar-refractivity contribution in [3.8, 4) is 5.75 Å². The summed E-state index contributed by atoms with van der Waals surface area (Å²) in [6, 6.07) is 2.41. The molecule has 0 aliphatic heterocycles. The van der Waals surface area contributed by atoms with Gasteiger partial charge in [-0.2, -0.15) is 0 Å². The zero-order valence-corrected chi connectivity index (χ0v) is 9.07. The number of rotatable bonds is 3. The van der Waals surface area contributed by atoms with Crippen molar-refractivity contribution in [2.75, 3.05) is 6.54 Å². The molecule has 0 saturated carbocycles. The Bertz CT molecular complexity index is 408. The van der Waals surface area contributed by atoms with Gasteiger partial charge in [0.25, 0.3) is 0 Å². The molecule has 0 bridgehead atoms. The maximum atomic E-state index is 12.9. The smallest absolute Gasteiger partial charge is 0.403 e. The number of hydrogen-bond donors (Lipinski definition) is 1. The van der Waals surface area contributed by atoms with Crippen molar-refractivity contribution < 1.29 is 27.1 Å². The summed E-state index contributed by atoms with van der Waals surface area (Å²) in [5.74, 6) is -2.86. The molecule has 17 heavy (non-hydrogen) atoms. The van der Waals surface area contributed by atoms with Gasteiger partial charge in [-0.3, -0.25) is 4.79 Å². The maximum Gasteiger partial charge on any atom is 0.573 e. The van der Waals surface area contributed by atoms with E-state index in [0.29, 0.717) is 12.1 Å². The summed E-state index contributed by atoms with van der Waals surface area (Å²) in [5.41, 5.74) is 4.88. The van der Waals surface area contributed by atoms with Gasteiger partial charge >= 0.3 is 6.36 Å². The fourth-order valence-electron chi connectivity index (χ4n) is 0.998. The predicted octanol–water partition coefficient (Wildman–Crippen LogP) is 2.29. The highest BCUT2D eigenvalue weighted by molar-refractivity contribution is 5.97. The molecule has 1 aromatic rings. The van der Waals surface area contributed by atoms with Crippen LogP contribution in [-0.4, -0.2) is 18.7 Å². The van der Waals surface area contributed by atoms with Crippen LogP contribution in [0, 0.1) is 5.82 Å². The number of nitrogens with two attached hydrogens (primary N) is 1. The van der Waals surface area contributed by atoms with Crippen molar-refractivity contribution >= 4 is 18.2 Å². The van der Waals surface area contributed by atoms with E-state index in [-0.39, 0.29) is 24.5 Å². The fourth-order valence-corrected chi connectivity index (χ4v) is 0.998. The van der Waals surface area contributed by atoms with E-state index in [2.05, 4.69) is 4.74 Å². The van der Waals surface area contributed by atoms with Crippen molar-refractivity contribution in [2.45, 2.75) is 6.36 Å². The van der Waals surface area contributed by atoms with Gasteiger partial charge in [-0.25, -0.2) is 4.39 Å². The minimum atomic E-state index is -5.01. The molecule has 0 amide bonds. The summed E-state index contributed by atoms with van der Waals surface area (Å²) in [4.78, 5) is 11.1. The molecule has 0 heterocycles. The number of halogens is 5. The Kier molecular flexibility index (Phi) is 5.37. The summed E-state index contributed by atoms with van der Waals surface area (Å²) >= 11 is 0. The summed E-state index contributed by atoms with van der Waals surface area (Å²) in [5, 5.41) is 0. The Labute approximate surface area is 100.0 Å². The topological polar surface area (TPSA) is 52.3 Å². The molecule has 0 aliphatic carbocycles. The van der Waals surface area contributed by atoms with Crippen LogP contribution in [0.2, 0.25) is 0 Å². The lowest BCUT2D eigenvalue weighted by Crippen LogP contribution is -2.19. The average Bonchev–Trinajstić information content (AvgIpc) is 2.18. The highest BCUT2D eigenvalue weighted by Gasteiger charge is 2.32.